The fourth-order valence-corrected chi connectivity index (χ4v) is 5.24. The van der Waals surface area contributed by atoms with E-state index in [-0.39, 0.29) is 5.92 Å². The molecule has 0 spiro atoms. The number of aromatic nitrogens is 2. The van der Waals surface area contributed by atoms with Crippen LogP contribution in [0.5, 0.6) is 0 Å². The summed E-state index contributed by atoms with van der Waals surface area (Å²) in [4.78, 5) is 22.4. The Kier molecular flexibility index (Phi) is 6.10. The maximum atomic E-state index is 12.9. The number of piperidine rings is 2. The topological polar surface area (TPSA) is 41.4 Å². The van der Waals surface area contributed by atoms with E-state index in [9.17, 15) is 4.79 Å². The fraction of sp³-hybridized carbons (Fsp3) is 0.440. The molecule has 6 heteroatoms. The quantitative estimate of drug-likeness (QED) is 0.526. The average molecular weight is 481 g/mol. The molecule has 0 saturated carbocycles. The Morgan fingerprint density at radius 2 is 1.65 bits per heavy atom. The second-order valence-corrected chi connectivity index (χ2v) is 9.68. The first-order valence-electron chi connectivity index (χ1n) is 11.4. The van der Waals surface area contributed by atoms with Gasteiger partial charge in [0.15, 0.2) is 0 Å². The highest BCUT2D eigenvalue weighted by atomic mass is 79.9. The second kappa shape index (κ2) is 9.13. The van der Waals surface area contributed by atoms with Gasteiger partial charge in [-0.15, -0.1) is 0 Å². The maximum absolute atomic E-state index is 12.9. The molecule has 0 radical (unpaired) electrons. The number of fused-ring (bicyclic) bond motifs is 1. The third-order valence-corrected chi connectivity index (χ3v) is 7.21. The lowest BCUT2D eigenvalue weighted by Gasteiger charge is -2.35. The molecule has 31 heavy (non-hydrogen) atoms. The van der Waals surface area contributed by atoms with Crippen LogP contribution in [0.1, 0.15) is 37.9 Å². The van der Waals surface area contributed by atoms with Crippen molar-refractivity contribution in [1.29, 1.82) is 0 Å². The summed E-state index contributed by atoms with van der Waals surface area (Å²) < 4.78 is 3.34. The van der Waals surface area contributed by atoms with Gasteiger partial charge in [0.25, 0.3) is 0 Å². The summed E-state index contributed by atoms with van der Waals surface area (Å²) in [5.41, 5.74) is 3.28. The molecule has 0 N–H and O–H groups in total. The lowest BCUT2D eigenvalue weighted by atomic mass is 9.94. The van der Waals surface area contributed by atoms with Crippen molar-refractivity contribution in [3.63, 3.8) is 0 Å². The molecule has 2 aromatic carbocycles. The maximum Gasteiger partial charge on any atom is 0.225 e. The van der Waals surface area contributed by atoms with Gasteiger partial charge in [-0.1, -0.05) is 28.1 Å². The highest BCUT2D eigenvalue weighted by Crippen LogP contribution is 2.26. The van der Waals surface area contributed by atoms with Gasteiger partial charge in [0.05, 0.1) is 17.6 Å². The molecule has 5 rings (SSSR count). The summed E-state index contributed by atoms with van der Waals surface area (Å²) in [6.45, 7) is 4.61. The molecule has 2 saturated heterocycles. The standard InChI is InChI=1S/C25H29BrN4O/c26-20-8-10-21(11-9-20)30-23-7-3-2-6-22(23)27-24(30)18-28-16-12-19(13-17-28)25(31)29-14-4-1-5-15-29/h2-3,6-11,19H,1,4-5,12-18H2. The average Bonchev–Trinajstić information content (AvgIpc) is 3.18. The molecule has 2 aliphatic rings. The van der Waals surface area contributed by atoms with Crippen LogP contribution in [0.25, 0.3) is 16.7 Å². The molecule has 1 aromatic heterocycles. The van der Waals surface area contributed by atoms with E-state index in [0.29, 0.717) is 5.91 Å². The van der Waals surface area contributed by atoms with Crippen LogP contribution in [0.15, 0.2) is 53.0 Å². The molecule has 3 heterocycles. The first kappa shape index (κ1) is 20.7. The number of hydrogen-bond acceptors (Lipinski definition) is 3. The normalized spacial score (nSPS) is 18.5. The molecule has 3 aromatic rings. The van der Waals surface area contributed by atoms with Gasteiger partial charge in [-0.3, -0.25) is 14.3 Å². The molecular formula is C25H29BrN4O. The van der Waals surface area contributed by atoms with E-state index in [4.69, 9.17) is 4.98 Å². The van der Waals surface area contributed by atoms with Crippen molar-refractivity contribution in [2.45, 2.75) is 38.6 Å². The van der Waals surface area contributed by atoms with E-state index < -0.39 is 0 Å². The monoisotopic (exact) mass is 480 g/mol. The largest absolute Gasteiger partial charge is 0.342 e. The predicted octanol–water partition coefficient (Wildman–Crippen LogP) is 5.01. The van der Waals surface area contributed by atoms with Gasteiger partial charge in [-0.2, -0.15) is 0 Å². The van der Waals surface area contributed by atoms with Crippen LogP contribution in [-0.4, -0.2) is 51.4 Å². The van der Waals surface area contributed by atoms with E-state index in [2.05, 4.69) is 72.8 Å². The summed E-state index contributed by atoms with van der Waals surface area (Å²) in [7, 11) is 0. The lowest BCUT2D eigenvalue weighted by molar-refractivity contribution is -0.138. The number of halogens is 1. The van der Waals surface area contributed by atoms with E-state index in [0.717, 1.165) is 85.4 Å². The van der Waals surface area contributed by atoms with E-state index >= 15 is 0 Å². The number of carbonyl (C=O) groups excluding carboxylic acids is 1. The lowest BCUT2D eigenvalue weighted by Crippen LogP contribution is -2.44. The molecule has 2 fully saturated rings. The first-order valence-corrected chi connectivity index (χ1v) is 12.2. The minimum absolute atomic E-state index is 0.194. The summed E-state index contributed by atoms with van der Waals surface area (Å²) in [5, 5.41) is 0. The van der Waals surface area contributed by atoms with Gasteiger partial charge >= 0.3 is 0 Å². The SMILES string of the molecule is O=C(C1CCN(Cc2nc3ccccc3n2-c2ccc(Br)cc2)CC1)N1CCCCC1. The molecular weight excluding hydrogens is 452 g/mol. The Morgan fingerprint density at radius 3 is 2.39 bits per heavy atom. The second-order valence-electron chi connectivity index (χ2n) is 8.76. The fourth-order valence-electron chi connectivity index (χ4n) is 4.97. The van der Waals surface area contributed by atoms with Crippen molar-refractivity contribution in [2.24, 2.45) is 5.92 Å². The predicted molar refractivity (Wildman–Crippen MR) is 127 cm³/mol. The van der Waals surface area contributed by atoms with E-state index in [1.807, 2.05) is 6.07 Å². The van der Waals surface area contributed by atoms with Crippen LogP contribution in [0.3, 0.4) is 0 Å². The third-order valence-electron chi connectivity index (χ3n) is 6.68. The molecule has 0 aliphatic carbocycles. The van der Waals surface area contributed by atoms with Crippen LogP contribution >= 0.6 is 15.9 Å². The molecule has 1 amide bonds. The zero-order chi connectivity index (χ0) is 21.2. The zero-order valence-corrected chi connectivity index (χ0v) is 19.4. The Labute approximate surface area is 192 Å². The number of imidazole rings is 1. The summed E-state index contributed by atoms with van der Waals surface area (Å²) >= 11 is 3.54. The smallest absolute Gasteiger partial charge is 0.225 e. The minimum atomic E-state index is 0.194. The molecule has 0 bridgehead atoms. The Bertz CT molecular complexity index is 1050. The third kappa shape index (κ3) is 4.41. The van der Waals surface area contributed by atoms with Crippen molar-refractivity contribution >= 4 is 32.9 Å². The van der Waals surface area contributed by atoms with Crippen LogP contribution in [0, 0.1) is 5.92 Å². The molecule has 0 atom stereocenters. The zero-order valence-electron chi connectivity index (χ0n) is 17.8. The first-order chi connectivity index (χ1) is 15.2. The Hall–Kier alpha value is -2.18. The highest BCUT2D eigenvalue weighted by molar-refractivity contribution is 9.10. The van der Waals surface area contributed by atoms with Crippen molar-refractivity contribution in [2.75, 3.05) is 26.2 Å². The number of benzene rings is 2. The summed E-state index contributed by atoms with van der Waals surface area (Å²) in [6.07, 6.45) is 5.50. The van der Waals surface area contributed by atoms with E-state index in [1.54, 1.807) is 0 Å². The molecule has 5 nitrogen and oxygen atoms in total. The van der Waals surface area contributed by atoms with Crippen molar-refractivity contribution in [1.82, 2.24) is 19.4 Å². The minimum Gasteiger partial charge on any atom is -0.342 e. The van der Waals surface area contributed by atoms with Crippen LogP contribution in [-0.2, 0) is 11.3 Å². The van der Waals surface area contributed by atoms with Crippen LogP contribution in [0.4, 0.5) is 0 Å². The highest BCUT2D eigenvalue weighted by Gasteiger charge is 2.29. The number of carbonyl (C=O) groups is 1. The van der Waals surface area contributed by atoms with Gasteiger partial charge < -0.3 is 4.90 Å². The number of amides is 1. The van der Waals surface area contributed by atoms with Gasteiger partial charge in [-0.05, 0) is 81.6 Å². The Morgan fingerprint density at radius 1 is 0.935 bits per heavy atom. The number of nitrogens with zero attached hydrogens (tertiary/aromatic N) is 4. The van der Waals surface area contributed by atoms with Crippen LogP contribution in [0.2, 0.25) is 0 Å². The number of para-hydroxylation sites is 2. The van der Waals surface area contributed by atoms with Gasteiger partial charge in [0, 0.05) is 29.2 Å². The van der Waals surface area contributed by atoms with Crippen molar-refractivity contribution in [3.05, 3.63) is 58.8 Å². The molecule has 162 valence electrons. The van der Waals surface area contributed by atoms with E-state index in [1.165, 1.54) is 6.42 Å². The van der Waals surface area contributed by atoms with Gasteiger partial charge in [-0.25, -0.2) is 4.98 Å². The number of rotatable bonds is 4. The van der Waals surface area contributed by atoms with Crippen molar-refractivity contribution in [3.8, 4) is 5.69 Å². The van der Waals surface area contributed by atoms with Crippen molar-refractivity contribution < 1.29 is 4.79 Å². The van der Waals surface area contributed by atoms with Crippen LogP contribution < -0.4 is 0 Å². The Balaban J connectivity index is 1.32. The molecule has 0 unspecified atom stereocenters. The van der Waals surface area contributed by atoms with Gasteiger partial charge in [0.1, 0.15) is 5.82 Å². The number of hydrogen-bond donors (Lipinski definition) is 0. The summed E-state index contributed by atoms with van der Waals surface area (Å²) in [5.74, 6) is 1.64. The number of likely N-dealkylation sites (tertiary alicyclic amines) is 2. The summed E-state index contributed by atoms with van der Waals surface area (Å²) in [6, 6.07) is 16.7. The molecule has 2 aliphatic heterocycles. The van der Waals surface area contributed by atoms with Gasteiger partial charge in [0.2, 0.25) is 5.91 Å².